The quantitative estimate of drug-likeness (QED) is 0.237. The lowest BCUT2D eigenvalue weighted by molar-refractivity contribution is 0.0695. The van der Waals surface area contributed by atoms with Crippen molar-refractivity contribution in [2.24, 2.45) is 0 Å². The van der Waals surface area contributed by atoms with Crippen LogP contribution in [0.2, 0.25) is 15.1 Å². The highest BCUT2D eigenvalue weighted by molar-refractivity contribution is 6.47. The molecule has 0 aliphatic carbocycles. The molecule has 3 aromatic carbocycles. The van der Waals surface area contributed by atoms with Gasteiger partial charge in [0.25, 0.3) is 0 Å². The molecule has 3 aromatic rings. The average Bonchev–Trinajstić information content (AvgIpc) is 2.71. The van der Waals surface area contributed by atoms with Gasteiger partial charge in [0.1, 0.15) is 23.0 Å². The number of aromatic hydroxyl groups is 2. The summed E-state index contributed by atoms with van der Waals surface area (Å²) in [5.74, 6) is -3.68. The van der Waals surface area contributed by atoms with E-state index in [4.69, 9.17) is 39.5 Å². The van der Waals surface area contributed by atoms with Gasteiger partial charge in [0, 0.05) is 34.7 Å². The summed E-state index contributed by atoms with van der Waals surface area (Å²) < 4.78 is 5.89. The van der Waals surface area contributed by atoms with Crippen molar-refractivity contribution in [3.05, 3.63) is 78.3 Å². The number of aromatic carboxylic acids is 2. The highest BCUT2D eigenvalue weighted by atomic mass is 35.5. The van der Waals surface area contributed by atoms with Crippen molar-refractivity contribution in [2.75, 3.05) is 0 Å². The number of carbonyl (C=O) groups is 2. The van der Waals surface area contributed by atoms with E-state index in [-0.39, 0.29) is 33.6 Å². The summed E-state index contributed by atoms with van der Waals surface area (Å²) in [6, 6.07) is 5.94. The Balaban J connectivity index is 2.19. The molecule has 0 radical (unpaired) electrons. The Morgan fingerprint density at radius 3 is 1.64 bits per heavy atom. The molecule has 0 saturated heterocycles. The Labute approximate surface area is 202 Å². The second-order valence-corrected chi connectivity index (χ2v) is 8.74. The largest absolute Gasteiger partial charge is 0.508 e. The van der Waals surface area contributed by atoms with Gasteiger partial charge in [-0.25, -0.2) is 9.59 Å². The van der Waals surface area contributed by atoms with Crippen molar-refractivity contribution in [3.63, 3.8) is 0 Å². The van der Waals surface area contributed by atoms with Gasteiger partial charge in [0.15, 0.2) is 0 Å². The zero-order chi connectivity index (χ0) is 24.4. The van der Waals surface area contributed by atoms with E-state index in [0.29, 0.717) is 22.3 Å². The molecule has 170 valence electrons. The van der Waals surface area contributed by atoms with Crippen molar-refractivity contribution < 1.29 is 34.8 Å². The number of phenolic OH excluding ortho intramolecular Hbond substituents is 2. The smallest absolute Gasteiger partial charge is 0.338 e. The van der Waals surface area contributed by atoms with E-state index in [2.05, 4.69) is 0 Å². The molecule has 0 saturated carbocycles. The molecule has 1 heterocycles. The first kappa shape index (κ1) is 23.0. The van der Waals surface area contributed by atoms with Crippen LogP contribution in [0.25, 0.3) is 0 Å². The first-order valence-corrected chi connectivity index (χ1v) is 10.6. The Kier molecular flexibility index (Phi) is 5.60. The molecule has 0 bridgehead atoms. The molecular weight excluding hydrogens is 495 g/mol. The van der Waals surface area contributed by atoms with Crippen LogP contribution in [0.5, 0.6) is 23.0 Å². The zero-order valence-electron chi connectivity index (χ0n) is 17.0. The first-order valence-electron chi connectivity index (χ1n) is 9.45. The van der Waals surface area contributed by atoms with E-state index in [0.717, 1.165) is 0 Å². The second kappa shape index (κ2) is 8.02. The lowest BCUT2D eigenvalue weighted by atomic mass is 9.79. The van der Waals surface area contributed by atoms with Crippen LogP contribution in [0.15, 0.2) is 24.3 Å². The molecule has 1 aliphatic heterocycles. The maximum absolute atomic E-state index is 12.3. The predicted molar refractivity (Wildman–Crippen MR) is 122 cm³/mol. The minimum atomic E-state index is -1.53. The van der Waals surface area contributed by atoms with Crippen LogP contribution in [-0.4, -0.2) is 32.4 Å². The van der Waals surface area contributed by atoms with Crippen LogP contribution in [0, 0.1) is 13.8 Å². The SMILES string of the molecule is Cc1cc2c(cc1O)Oc1cc(O)c(C)cc1C2c1c(Cl)c(Cl)c(C(=O)O)c(Cl)c1C(=O)O. The van der Waals surface area contributed by atoms with Crippen LogP contribution in [-0.2, 0) is 0 Å². The van der Waals surface area contributed by atoms with Crippen molar-refractivity contribution in [1.82, 2.24) is 0 Å². The minimum absolute atomic E-state index is 0.0369. The van der Waals surface area contributed by atoms with Crippen LogP contribution < -0.4 is 4.74 Å². The summed E-state index contributed by atoms with van der Waals surface area (Å²) in [6.45, 7) is 3.30. The maximum atomic E-state index is 12.3. The number of fused-ring (bicyclic) bond motifs is 2. The van der Waals surface area contributed by atoms with Gasteiger partial charge < -0.3 is 25.2 Å². The van der Waals surface area contributed by atoms with E-state index in [1.54, 1.807) is 26.0 Å². The molecule has 10 heteroatoms. The van der Waals surface area contributed by atoms with E-state index < -0.39 is 39.0 Å². The third-order valence-electron chi connectivity index (χ3n) is 5.57. The fourth-order valence-corrected chi connectivity index (χ4v) is 4.95. The number of benzene rings is 3. The van der Waals surface area contributed by atoms with Gasteiger partial charge in [-0.1, -0.05) is 34.8 Å². The number of hydrogen-bond acceptors (Lipinski definition) is 5. The Bertz CT molecular complexity index is 1320. The van der Waals surface area contributed by atoms with Crippen LogP contribution in [0.4, 0.5) is 0 Å². The standard InChI is InChI=1S/C23H15Cl3O7/c1-7-3-9-13(5-11(7)27)33-14-6-12(28)8(2)4-10(14)15(9)16-17(22(29)30)19(24)18(23(31)32)21(26)20(16)25/h3-6,15,27-28H,1-2H3,(H,29,30)(H,31,32). The van der Waals surface area contributed by atoms with Gasteiger partial charge in [-0.2, -0.15) is 0 Å². The lowest BCUT2D eigenvalue weighted by Gasteiger charge is -2.31. The molecule has 4 rings (SSSR count). The van der Waals surface area contributed by atoms with Gasteiger partial charge >= 0.3 is 11.9 Å². The molecule has 0 amide bonds. The molecule has 0 fully saturated rings. The normalized spacial score (nSPS) is 12.6. The lowest BCUT2D eigenvalue weighted by Crippen LogP contribution is -2.18. The van der Waals surface area contributed by atoms with Crippen molar-refractivity contribution >= 4 is 46.7 Å². The molecule has 0 atom stereocenters. The average molecular weight is 510 g/mol. The van der Waals surface area contributed by atoms with Gasteiger partial charge in [0.2, 0.25) is 0 Å². The van der Waals surface area contributed by atoms with Crippen LogP contribution in [0.3, 0.4) is 0 Å². The monoisotopic (exact) mass is 508 g/mol. The Hall–Kier alpha value is -3.13. The van der Waals surface area contributed by atoms with Crippen LogP contribution >= 0.6 is 34.8 Å². The summed E-state index contributed by atoms with van der Waals surface area (Å²) in [7, 11) is 0. The summed E-state index contributed by atoms with van der Waals surface area (Å²) in [5.41, 5.74) is 0.668. The fourth-order valence-electron chi connectivity index (χ4n) is 3.97. The van der Waals surface area contributed by atoms with Crippen molar-refractivity contribution in [2.45, 2.75) is 19.8 Å². The molecule has 0 spiro atoms. The molecule has 0 unspecified atom stereocenters. The number of ether oxygens (including phenoxy) is 1. The molecular formula is C23H15Cl3O7. The number of carboxylic acid groups (broad SMARTS) is 2. The topological polar surface area (TPSA) is 124 Å². The Morgan fingerprint density at radius 1 is 0.758 bits per heavy atom. The van der Waals surface area contributed by atoms with Gasteiger partial charge in [-0.05, 0) is 37.1 Å². The maximum Gasteiger partial charge on any atom is 0.338 e. The number of hydrogen-bond donors (Lipinski definition) is 4. The predicted octanol–water partition coefficient (Wildman–Crippen LogP) is 6.36. The van der Waals surface area contributed by atoms with Crippen molar-refractivity contribution in [3.8, 4) is 23.0 Å². The van der Waals surface area contributed by atoms with Gasteiger partial charge in [-0.3, -0.25) is 0 Å². The second-order valence-electron chi connectivity index (χ2n) is 7.60. The van der Waals surface area contributed by atoms with Gasteiger partial charge in [0.05, 0.1) is 26.2 Å². The van der Waals surface area contributed by atoms with E-state index >= 15 is 0 Å². The fraction of sp³-hybridized carbons (Fsp3) is 0.130. The number of rotatable bonds is 3. The molecule has 1 aliphatic rings. The molecule has 33 heavy (non-hydrogen) atoms. The third kappa shape index (κ3) is 3.53. The number of halogens is 3. The van der Waals surface area contributed by atoms with E-state index in [9.17, 15) is 30.0 Å². The minimum Gasteiger partial charge on any atom is -0.508 e. The summed E-state index contributed by atoms with van der Waals surface area (Å²) in [5, 5.41) is 38.7. The highest BCUT2D eigenvalue weighted by Crippen LogP contribution is 2.54. The Morgan fingerprint density at radius 2 is 1.21 bits per heavy atom. The van der Waals surface area contributed by atoms with Crippen molar-refractivity contribution in [1.29, 1.82) is 0 Å². The number of aryl methyl sites for hydroxylation is 2. The summed E-state index contributed by atoms with van der Waals surface area (Å²) in [6.07, 6.45) is 0. The molecule has 7 nitrogen and oxygen atoms in total. The van der Waals surface area contributed by atoms with Gasteiger partial charge in [-0.15, -0.1) is 0 Å². The van der Waals surface area contributed by atoms with Crippen LogP contribution in [0.1, 0.15) is 54.5 Å². The molecule has 0 aromatic heterocycles. The number of carboxylic acids is 2. The molecule has 4 N–H and O–H groups in total. The van der Waals surface area contributed by atoms with E-state index in [1.165, 1.54) is 12.1 Å². The summed E-state index contributed by atoms with van der Waals surface area (Å²) >= 11 is 19.0. The summed E-state index contributed by atoms with van der Waals surface area (Å²) in [4.78, 5) is 24.0. The zero-order valence-corrected chi connectivity index (χ0v) is 19.3. The number of phenols is 2. The third-order valence-corrected chi connectivity index (χ3v) is 6.82. The first-order chi connectivity index (χ1) is 15.4. The van der Waals surface area contributed by atoms with E-state index in [1.807, 2.05) is 0 Å². The highest BCUT2D eigenvalue weighted by Gasteiger charge is 2.38.